The van der Waals surface area contributed by atoms with Crippen LogP contribution in [0.5, 0.6) is 0 Å². The molecule has 0 aliphatic heterocycles. The maximum absolute atomic E-state index is 5.42. The Kier molecular flexibility index (Phi) is 2.62. The molecule has 0 radical (unpaired) electrons. The molecule has 2 N–H and O–H groups in total. The van der Waals surface area contributed by atoms with Gasteiger partial charge >= 0.3 is 0 Å². The summed E-state index contributed by atoms with van der Waals surface area (Å²) in [7, 11) is 1.63. The van der Waals surface area contributed by atoms with Crippen molar-refractivity contribution in [2.24, 2.45) is 5.73 Å². The molecule has 4 nitrogen and oxygen atoms in total. The fourth-order valence-electron chi connectivity index (χ4n) is 0.927. The summed E-state index contributed by atoms with van der Waals surface area (Å²) in [4.78, 5) is 0. The Morgan fingerprint density at radius 2 is 2.36 bits per heavy atom. The molecule has 0 aliphatic rings. The Labute approximate surface area is 65.3 Å². The van der Waals surface area contributed by atoms with E-state index in [1.54, 1.807) is 7.11 Å². The maximum atomic E-state index is 5.42. The normalized spacial score (nSPS) is 10.5. The third-order valence-corrected chi connectivity index (χ3v) is 1.55. The molecule has 1 aromatic heterocycles. The van der Waals surface area contributed by atoms with Crippen molar-refractivity contribution in [2.75, 3.05) is 7.11 Å². The highest BCUT2D eigenvalue weighted by Crippen LogP contribution is 2.13. The summed E-state index contributed by atoms with van der Waals surface area (Å²) in [6.07, 6.45) is 0. The first-order valence-corrected chi connectivity index (χ1v) is 3.42. The van der Waals surface area contributed by atoms with Crippen LogP contribution in [0.3, 0.4) is 0 Å². The number of aromatic nitrogens is 1. The van der Waals surface area contributed by atoms with E-state index in [1.807, 2.05) is 6.92 Å². The molecule has 4 heteroatoms. The second-order valence-corrected chi connectivity index (χ2v) is 2.30. The van der Waals surface area contributed by atoms with Crippen molar-refractivity contribution >= 4 is 0 Å². The van der Waals surface area contributed by atoms with E-state index in [9.17, 15) is 0 Å². The summed E-state index contributed by atoms with van der Waals surface area (Å²) in [5.74, 6) is 0.785. The monoisotopic (exact) mass is 156 g/mol. The van der Waals surface area contributed by atoms with Crippen molar-refractivity contribution in [3.8, 4) is 0 Å². The minimum absolute atomic E-state index is 0.399. The van der Waals surface area contributed by atoms with E-state index in [0.29, 0.717) is 13.2 Å². The van der Waals surface area contributed by atoms with Gasteiger partial charge in [-0.25, -0.2) is 0 Å². The van der Waals surface area contributed by atoms with Gasteiger partial charge in [-0.15, -0.1) is 0 Å². The molecule has 0 bridgehead atoms. The molecule has 62 valence electrons. The number of aryl methyl sites for hydroxylation is 1. The summed E-state index contributed by atoms with van der Waals surface area (Å²) >= 11 is 0. The Morgan fingerprint density at radius 3 is 2.91 bits per heavy atom. The fraction of sp³-hybridized carbons (Fsp3) is 0.571. The summed E-state index contributed by atoms with van der Waals surface area (Å²) < 4.78 is 9.88. The van der Waals surface area contributed by atoms with Gasteiger partial charge < -0.3 is 15.0 Å². The molecule has 11 heavy (non-hydrogen) atoms. The lowest BCUT2D eigenvalue weighted by Gasteiger charge is -1.96. The van der Waals surface area contributed by atoms with Crippen molar-refractivity contribution in [3.63, 3.8) is 0 Å². The lowest BCUT2D eigenvalue weighted by Crippen LogP contribution is -2.01. The van der Waals surface area contributed by atoms with Crippen molar-refractivity contribution in [3.05, 3.63) is 17.0 Å². The van der Waals surface area contributed by atoms with E-state index < -0.39 is 0 Å². The van der Waals surface area contributed by atoms with Crippen LogP contribution in [0, 0.1) is 6.92 Å². The fourth-order valence-corrected chi connectivity index (χ4v) is 0.927. The topological polar surface area (TPSA) is 61.3 Å². The molecule has 0 saturated heterocycles. The highest BCUT2D eigenvalue weighted by atomic mass is 16.5. The van der Waals surface area contributed by atoms with Crippen LogP contribution in [0.2, 0.25) is 0 Å². The smallest absolute Gasteiger partial charge is 0.139 e. The Bertz CT molecular complexity index is 232. The number of rotatable bonds is 3. The molecule has 0 aliphatic carbocycles. The highest BCUT2D eigenvalue weighted by molar-refractivity contribution is 5.20. The third-order valence-electron chi connectivity index (χ3n) is 1.55. The molecule has 0 saturated carbocycles. The van der Waals surface area contributed by atoms with Crippen LogP contribution >= 0.6 is 0 Å². The maximum Gasteiger partial charge on any atom is 0.139 e. The summed E-state index contributed by atoms with van der Waals surface area (Å²) in [5, 5.41) is 3.77. The van der Waals surface area contributed by atoms with Crippen LogP contribution in [0.15, 0.2) is 4.52 Å². The minimum atomic E-state index is 0.399. The number of hydrogen-bond acceptors (Lipinski definition) is 4. The van der Waals surface area contributed by atoms with Crippen LogP contribution in [-0.2, 0) is 17.9 Å². The minimum Gasteiger partial charge on any atom is -0.380 e. The predicted molar refractivity (Wildman–Crippen MR) is 39.8 cm³/mol. The van der Waals surface area contributed by atoms with Crippen molar-refractivity contribution < 1.29 is 9.26 Å². The number of ether oxygens (including phenoxy) is 1. The van der Waals surface area contributed by atoms with Gasteiger partial charge in [-0.2, -0.15) is 0 Å². The molecule has 0 fully saturated rings. The Balaban J connectivity index is 2.88. The van der Waals surface area contributed by atoms with Crippen molar-refractivity contribution in [1.82, 2.24) is 5.16 Å². The van der Waals surface area contributed by atoms with E-state index in [0.717, 1.165) is 17.0 Å². The zero-order valence-electron chi connectivity index (χ0n) is 6.76. The Morgan fingerprint density at radius 1 is 1.64 bits per heavy atom. The number of methoxy groups -OCH3 is 1. The second-order valence-electron chi connectivity index (χ2n) is 2.30. The molecule has 0 aromatic carbocycles. The molecular formula is C7H12N2O2. The first kappa shape index (κ1) is 8.23. The van der Waals surface area contributed by atoms with Gasteiger partial charge in [-0.05, 0) is 6.92 Å². The number of nitrogens with two attached hydrogens (primary N) is 1. The summed E-state index contributed by atoms with van der Waals surface area (Å²) in [6, 6.07) is 0. The Hall–Kier alpha value is -0.870. The van der Waals surface area contributed by atoms with Crippen LogP contribution in [-0.4, -0.2) is 12.3 Å². The number of nitrogens with zero attached hydrogens (tertiary/aromatic N) is 1. The van der Waals surface area contributed by atoms with Gasteiger partial charge in [-0.3, -0.25) is 0 Å². The largest absolute Gasteiger partial charge is 0.380 e. The van der Waals surface area contributed by atoms with Crippen LogP contribution < -0.4 is 5.73 Å². The van der Waals surface area contributed by atoms with Gasteiger partial charge in [-0.1, -0.05) is 5.16 Å². The van der Waals surface area contributed by atoms with E-state index >= 15 is 0 Å². The molecule has 0 unspecified atom stereocenters. The van der Waals surface area contributed by atoms with E-state index in [-0.39, 0.29) is 0 Å². The van der Waals surface area contributed by atoms with Crippen molar-refractivity contribution in [2.45, 2.75) is 20.1 Å². The summed E-state index contributed by atoms with van der Waals surface area (Å²) in [6.45, 7) is 2.76. The van der Waals surface area contributed by atoms with Gasteiger partial charge in [0.1, 0.15) is 11.5 Å². The molecule has 0 spiro atoms. The SMILES string of the molecule is COCc1c(CN)noc1C. The van der Waals surface area contributed by atoms with E-state index in [2.05, 4.69) is 5.16 Å². The van der Waals surface area contributed by atoms with Gasteiger partial charge in [0.2, 0.25) is 0 Å². The number of hydrogen-bond donors (Lipinski definition) is 1. The first-order valence-electron chi connectivity index (χ1n) is 3.42. The quantitative estimate of drug-likeness (QED) is 0.695. The second kappa shape index (κ2) is 3.50. The van der Waals surface area contributed by atoms with Gasteiger partial charge in [0.15, 0.2) is 0 Å². The average Bonchev–Trinajstić information content (AvgIpc) is 2.34. The van der Waals surface area contributed by atoms with Gasteiger partial charge in [0, 0.05) is 19.2 Å². The van der Waals surface area contributed by atoms with Gasteiger partial charge in [0.05, 0.1) is 6.61 Å². The lowest BCUT2D eigenvalue weighted by molar-refractivity contribution is 0.182. The third kappa shape index (κ3) is 1.58. The van der Waals surface area contributed by atoms with E-state index in [4.69, 9.17) is 15.0 Å². The van der Waals surface area contributed by atoms with Gasteiger partial charge in [0.25, 0.3) is 0 Å². The van der Waals surface area contributed by atoms with E-state index in [1.165, 1.54) is 0 Å². The van der Waals surface area contributed by atoms with Crippen LogP contribution in [0.4, 0.5) is 0 Å². The predicted octanol–water partition coefficient (Wildman–Crippen LogP) is 0.588. The van der Waals surface area contributed by atoms with Crippen LogP contribution in [0.1, 0.15) is 17.0 Å². The molecule has 0 atom stereocenters. The highest BCUT2D eigenvalue weighted by Gasteiger charge is 2.09. The standard InChI is InChI=1S/C7H12N2O2/c1-5-6(4-10-2)7(3-8)9-11-5/h3-4,8H2,1-2H3. The molecule has 1 heterocycles. The molecule has 0 amide bonds. The van der Waals surface area contributed by atoms with Crippen molar-refractivity contribution in [1.29, 1.82) is 0 Å². The zero-order valence-corrected chi connectivity index (χ0v) is 6.76. The first-order chi connectivity index (χ1) is 5.29. The summed E-state index contributed by atoms with van der Waals surface area (Å²) in [5.41, 5.74) is 7.17. The lowest BCUT2D eigenvalue weighted by atomic mass is 10.2. The molecule has 1 rings (SSSR count). The zero-order chi connectivity index (χ0) is 8.27. The van der Waals surface area contributed by atoms with Crippen LogP contribution in [0.25, 0.3) is 0 Å². The average molecular weight is 156 g/mol. The molecule has 1 aromatic rings. The molecular weight excluding hydrogens is 144 g/mol.